The lowest BCUT2D eigenvalue weighted by Gasteiger charge is -2.35. The SMILES string of the molecule is CC1CCN(C(CNC(=O)c2cccc(Cl)c2)c2ccco2)CC1. The predicted molar refractivity (Wildman–Crippen MR) is 95.2 cm³/mol. The molecule has 4 nitrogen and oxygen atoms in total. The highest BCUT2D eigenvalue weighted by Crippen LogP contribution is 2.26. The molecule has 1 saturated heterocycles. The van der Waals surface area contributed by atoms with Crippen LogP contribution in [0.3, 0.4) is 0 Å². The normalized spacial score (nSPS) is 17.6. The fourth-order valence-electron chi connectivity index (χ4n) is 3.15. The van der Waals surface area contributed by atoms with Gasteiger partial charge in [-0.25, -0.2) is 0 Å². The van der Waals surface area contributed by atoms with Crippen molar-refractivity contribution in [2.24, 2.45) is 5.92 Å². The van der Waals surface area contributed by atoms with E-state index in [9.17, 15) is 4.79 Å². The van der Waals surface area contributed by atoms with Crippen LogP contribution in [0.1, 0.15) is 41.9 Å². The molecule has 2 aromatic rings. The summed E-state index contributed by atoms with van der Waals surface area (Å²) < 4.78 is 5.62. The van der Waals surface area contributed by atoms with Crippen LogP contribution in [0.2, 0.25) is 5.02 Å². The Balaban J connectivity index is 1.67. The topological polar surface area (TPSA) is 45.5 Å². The Morgan fingerprint density at radius 3 is 2.79 bits per heavy atom. The van der Waals surface area contributed by atoms with Crippen LogP contribution in [0.15, 0.2) is 47.1 Å². The number of furan rings is 1. The van der Waals surface area contributed by atoms with Gasteiger partial charge in [-0.3, -0.25) is 9.69 Å². The average Bonchev–Trinajstić information content (AvgIpc) is 3.11. The van der Waals surface area contributed by atoms with Crippen molar-refractivity contribution in [3.8, 4) is 0 Å². The fourth-order valence-corrected chi connectivity index (χ4v) is 3.34. The van der Waals surface area contributed by atoms with Crippen LogP contribution in [-0.2, 0) is 0 Å². The van der Waals surface area contributed by atoms with Gasteiger partial charge < -0.3 is 9.73 Å². The number of hydrogen-bond donors (Lipinski definition) is 1. The summed E-state index contributed by atoms with van der Waals surface area (Å²) >= 11 is 5.97. The predicted octanol–water partition coefficient (Wildman–Crippen LogP) is 4.14. The number of halogens is 1. The van der Waals surface area contributed by atoms with E-state index in [0.29, 0.717) is 17.1 Å². The smallest absolute Gasteiger partial charge is 0.251 e. The first kappa shape index (κ1) is 17.1. The zero-order valence-electron chi connectivity index (χ0n) is 13.9. The molecule has 1 aliphatic rings. The van der Waals surface area contributed by atoms with Crippen molar-refractivity contribution < 1.29 is 9.21 Å². The molecule has 24 heavy (non-hydrogen) atoms. The third kappa shape index (κ3) is 4.19. The molecule has 1 fully saturated rings. The van der Waals surface area contributed by atoms with E-state index in [0.717, 1.165) is 24.8 Å². The van der Waals surface area contributed by atoms with Crippen LogP contribution in [0.5, 0.6) is 0 Å². The number of nitrogens with one attached hydrogen (secondary N) is 1. The van der Waals surface area contributed by atoms with Crippen molar-refractivity contribution in [1.82, 2.24) is 10.2 Å². The van der Waals surface area contributed by atoms with Crippen LogP contribution >= 0.6 is 11.6 Å². The lowest BCUT2D eigenvalue weighted by molar-refractivity contribution is 0.0895. The molecule has 1 atom stereocenters. The third-order valence-corrected chi connectivity index (χ3v) is 4.91. The summed E-state index contributed by atoms with van der Waals surface area (Å²) in [6.45, 7) is 4.87. The molecular formula is C19H23ClN2O2. The Morgan fingerprint density at radius 1 is 1.33 bits per heavy atom. The molecule has 1 aliphatic heterocycles. The Labute approximate surface area is 147 Å². The molecule has 3 rings (SSSR count). The summed E-state index contributed by atoms with van der Waals surface area (Å²) in [6, 6.07) is 10.9. The second-order valence-electron chi connectivity index (χ2n) is 6.47. The first-order valence-electron chi connectivity index (χ1n) is 8.44. The lowest BCUT2D eigenvalue weighted by atomic mass is 9.97. The molecule has 1 aromatic heterocycles. The molecule has 2 heterocycles. The lowest BCUT2D eigenvalue weighted by Crippen LogP contribution is -2.41. The highest BCUT2D eigenvalue weighted by Gasteiger charge is 2.26. The number of rotatable bonds is 5. The molecule has 1 amide bonds. The number of carbonyl (C=O) groups excluding carboxylic acids is 1. The van der Waals surface area contributed by atoms with E-state index < -0.39 is 0 Å². The summed E-state index contributed by atoms with van der Waals surface area (Å²) in [6.07, 6.45) is 4.05. The Hall–Kier alpha value is -1.78. The second-order valence-corrected chi connectivity index (χ2v) is 6.91. The van der Waals surface area contributed by atoms with E-state index >= 15 is 0 Å². The van der Waals surface area contributed by atoms with Crippen molar-refractivity contribution in [2.75, 3.05) is 19.6 Å². The molecule has 1 aromatic carbocycles. The zero-order valence-corrected chi connectivity index (χ0v) is 14.6. The number of piperidine rings is 1. The highest BCUT2D eigenvalue weighted by atomic mass is 35.5. The van der Waals surface area contributed by atoms with E-state index in [1.165, 1.54) is 12.8 Å². The van der Waals surface area contributed by atoms with Crippen LogP contribution in [0.4, 0.5) is 0 Å². The molecule has 0 bridgehead atoms. The summed E-state index contributed by atoms with van der Waals surface area (Å²) in [5.74, 6) is 1.55. The molecule has 5 heteroatoms. The van der Waals surface area contributed by atoms with Crippen molar-refractivity contribution in [1.29, 1.82) is 0 Å². The second kappa shape index (κ2) is 7.86. The molecule has 1 unspecified atom stereocenters. The van der Waals surface area contributed by atoms with E-state index in [4.69, 9.17) is 16.0 Å². The van der Waals surface area contributed by atoms with Gasteiger partial charge in [0.2, 0.25) is 0 Å². The van der Waals surface area contributed by atoms with Gasteiger partial charge in [-0.1, -0.05) is 24.6 Å². The van der Waals surface area contributed by atoms with Gasteiger partial charge in [0.15, 0.2) is 0 Å². The van der Waals surface area contributed by atoms with E-state index in [-0.39, 0.29) is 11.9 Å². The maximum absolute atomic E-state index is 12.4. The maximum atomic E-state index is 12.4. The summed E-state index contributed by atoms with van der Waals surface area (Å²) in [4.78, 5) is 14.8. The molecule has 0 radical (unpaired) electrons. The number of nitrogens with zero attached hydrogens (tertiary/aromatic N) is 1. The minimum atomic E-state index is -0.112. The van der Waals surface area contributed by atoms with Gasteiger partial charge in [-0.2, -0.15) is 0 Å². The van der Waals surface area contributed by atoms with Crippen molar-refractivity contribution >= 4 is 17.5 Å². The van der Waals surface area contributed by atoms with E-state index in [2.05, 4.69) is 17.1 Å². The number of hydrogen-bond acceptors (Lipinski definition) is 3. The van der Waals surface area contributed by atoms with Crippen LogP contribution < -0.4 is 5.32 Å². The highest BCUT2D eigenvalue weighted by molar-refractivity contribution is 6.30. The van der Waals surface area contributed by atoms with Gasteiger partial charge >= 0.3 is 0 Å². The molecular weight excluding hydrogens is 324 g/mol. The molecule has 128 valence electrons. The number of benzene rings is 1. The van der Waals surface area contributed by atoms with Crippen molar-refractivity contribution in [3.05, 3.63) is 59.0 Å². The van der Waals surface area contributed by atoms with Gasteiger partial charge in [0, 0.05) is 17.1 Å². The maximum Gasteiger partial charge on any atom is 0.251 e. The Kier molecular flexibility index (Phi) is 5.59. The molecule has 0 spiro atoms. The van der Waals surface area contributed by atoms with Crippen LogP contribution in [0.25, 0.3) is 0 Å². The number of likely N-dealkylation sites (tertiary alicyclic amines) is 1. The fraction of sp³-hybridized carbons (Fsp3) is 0.421. The largest absolute Gasteiger partial charge is 0.468 e. The third-order valence-electron chi connectivity index (χ3n) is 4.67. The molecule has 0 aliphatic carbocycles. The zero-order chi connectivity index (χ0) is 16.9. The van der Waals surface area contributed by atoms with E-state index in [1.807, 2.05) is 12.1 Å². The van der Waals surface area contributed by atoms with Gasteiger partial charge in [0.05, 0.1) is 12.3 Å². The Bertz CT molecular complexity index is 664. The van der Waals surface area contributed by atoms with Crippen LogP contribution in [0, 0.1) is 5.92 Å². The summed E-state index contributed by atoms with van der Waals surface area (Å²) in [7, 11) is 0. The first-order chi connectivity index (χ1) is 11.6. The average molecular weight is 347 g/mol. The number of amides is 1. The Morgan fingerprint density at radius 2 is 2.12 bits per heavy atom. The minimum Gasteiger partial charge on any atom is -0.468 e. The minimum absolute atomic E-state index is 0.0654. The monoisotopic (exact) mass is 346 g/mol. The van der Waals surface area contributed by atoms with Gasteiger partial charge in [0.1, 0.15) is 5.76 Å². The first-order valence-corrected chi connectivity index (χ1v) is 8.82. The number of carbonyl (C=O) groups is 1. The van der Waals surface area contributed by atoms with Crippen molar-refractivity contribution in [2.45, 2.75) is 25.8 Å². The van der Waals surface area contributed by atoms with E-state index in [1.54, 1.807) is 30.5 Å². The van der Waals surface area contributed by atoms with Crippen molar-refractivity contribution in [3.63, 3.8) is 0 Å². The van der Waals surface area contributed by atoms with Gasteiger partial charge in [0.25, 0.3) is 5.91 Å². The molecule has 0 saturated carbocycles. The standard InChI is InChI=1S/C19H23ClN2O2/c1-14-7-9-22(10-8-14)17(18-6-3-11-24-18)13-21-19(23)15-4-2-5-16(20)12-15/h2-6,11-12,14,17H,7-10,13H2,1H3,(H,21,23). The summed E-state index contributed by atoms with van der Waals surface area (Å²) in [5, 5.41) is 3.59. The van der Waals surface area contributed by atoms with Gasteiger partial charge in [-0.05, 0) is 62.2 Å². The summed E-state index contributed by atoms with van der Waals surface area (Å²) in [5.41, 5.74) is 0.577. The quantitative estimate of drug-likeness (QED) is 0.885. The van der Waals surface area contributed by atoms with Gasteiger partial charge in [-0.15, -0.1) is 0 Å². The van der Waals surface area contributed by atoms with Crippen LogP contribution in [-0.4, -0.2) is 30.4 Å². The molecule has 1 N–H and O–H groups in total.